The Morgan fingerprint density at radius 1 is 1.03 bits per heavy atom. The topological polar surface area (TPSA) is 83.8 Å². The Morgan fingerprint density at radius 3 is 2.59 bits per heavy atom. The van der Waals surface area contributed by atoms with Gasteiger partial charge in [-0.2, -0.15) is 0 Å². The maximum absolute atomic E-state index is 13.4. The maximum Gasteiger partial charge on any atom is 0.306 e. The van der Waals surface area contributed by atoms with Crippen LogP contribution in [-0.2, 0) is 14.3 Å². The van der Waals surface area contributed by atoms with Crippen molar-refractivity contribution in [2.45, 2.75) is 83.5 Å². The van der Waals surface area contributed by atoms with E-state index in [0.29, 0.717) is 24.2 Å². The molecular formula is C24H36O5. The molecule has 0 aromatic heterocycles. The molecule has 1 heterocycles. The molecule has 0 aromatic rings. The van der Waals surface area contributed by atoms with Crippen molar-refractivity contribution in [2.75, 3.05) is 0 Å². The third-order valence-corrected chi connectivity index (χ3v) is 8.37. The summed E-state index contributed by atoms with van der Waals surface area (Å²) in [6.07, 6.45) is 8.95. The summed E-state index contributed by atoms with van der Waals surface area (Å²) in [7, 11) is 0. The van der Waals surface area contributed by atoms with Gasteiger partial charge < -0.3 is 14.9 Å². The minimum atomic E-state index is -0.630. The number of rotatable bonds is 1. The van der Waals surface area contributed by atoms with Gasteiger partial charge in [0.25, 0.3) is 0 Å². The summed E-state index contributed by atoms with van der Waals surface area (Å²) in [5.74, 6) is 0.590. The normalized spacial score (nSPS) is 48.1. The quantitative estimate of drug-likeness (QED) is 0.518. The second-order valence-corrected chi connectivity index (χ2v) is 10.00. The average molecular weight is 405 g/mol. The van der Waals surface area contributed by atoms with Crippen LogP contribution in [0.25, 0.3) is 0 Å². The zero-order chi connectivity index (χ0) is 20.7. The number of ketones is 1. The number of cyclic esters (lactones) is 1. The molecular weight excluding hydrogens is 368 g/mol. The number of allylic oxidation sites excluding steroid dienone is 2. The molecule has 5 heteroatoms. The third kappa shape index (κ3) is 4.05. The van der Waals surface area contributed by atoms with Crippen LogP contribution in [0.15, 0.2) is 12.2 Å². The molecule has 0 amide bonds. The Bertz CT molecular complexity index is 658. The molecule has 0 radical (unpaired) electrons. The van der Waals surface area contributed by atoms with Crippen molar-refractivity contribution in [3.63, 3.8) is 0 Å². The number of fused-ring (bicyclic) bond motifs is 5. The number of esters is 1. The number of Topliss-reactive ketones (excluding diaryl/α,β-unsaturated/α-hetero) is 1. The molecule has 4 aliphatic rings. The first kappa shape index (κ1) is 21.0. The molecule has 3 aliphatic carbocycles. The first-order valence-electron chi connectivity index (χ1n) is 11.7. The summed E-state index contributed by atoms with van der Waals surface area (Å²) < 4.78 is 5.77. The van der Waals surface area contributed by atoms with Crippen LogP contribution in [0.2, 0.25) is 0 Å². The van der Waals surface area contributed by atoms with Gasteiger partial charge in [0.05, 0.1) is 12.2 Å². The lowest BCUT2D eigenvalue weighted by molar-refractivity contribution is -0.152. The van der Waals surface area contributed by atoms with E-state index in [1.807, 2.05) is 13.8 Å². The molecule has 29 heavy (non-hydrogen) atoms. The zero-order valence-corrected chi connectivity index (χ0v) is 17.7. The lowest BCUT2D eigenvalue weighted by Crippen LogP contribution is -2.35. The van der Waals surface area contributed by atoms with Crippen LogP contribution >= 0.6 is 0 Å². The van der Waals surface area contributed by atoms with E-state index in [2.05, 4.69) is 12.2 Å². The van der Waals surface area contributed by atoms with E-state index < -0.39 is 12.0 Å². The average Bonchev–Trinajstić information content (AvgIpc) is 3.24. The number of aliphatic hydroxyl groups excluding tert-OH is 2. The van der Waals surface area contributed by atoms with Crippen molar-refractivity contribution in [3.05, 3.63) is 12.2 Å². The molecule has 1 unspecified atom stereocenters. The molecule has 2 saturated carbocycles. The molecule has 2 N–H and O–H groups in total. The largest absolute Gasteiger partial charge is 0.462 e. The highest BCUT2D eigenvalue weighted by Gasteiger charge is 2.53. The Kier molecular flexibility index (Phi) is 6.17. The van der Waals surface area contributed by atoms with Gasteiger partial charge in [0.1, 0.15) is 11.9 Å². The highest BCUT2D eigenvalue weighted by atomic mass is 16.5. The van der Waals surface area contributed by atoms with Gasteiger partial charge in [-0.3, -0.25) is 9.59 Å². The number of ether oxygens (including phenoxy) is 1. The predicted octanol–water partition coefficient (Wildman–Crippen LogP) is 3.27. The molecule has 1 aliphatic heterocycles. The number of carbonyl (C=O) groups is 2. The molecule has 5 nitrogen and oxygen atoms in total. The Hall–Kier alpha value is -1.20. The van der Waals surface area contributed by atoms with Gasteiger partial charge in [0, 0.05) is 18.3 Å². The standard InChI is InChI=1S/C24H36O5/c1-3-16-5-4-6-22(26)13(2)24(28)21-11-19-17(20(21)12-23(27)29-16)8-7-14-9-15(25)10-18(14)19/h7-8,13-22,25-26H,3-6,9-12H2,1-2H3/t13-,14-,15-,16+,17-,18-,19-,20+,21?,22+/m1/s1. The smallest absolute Gasteiger partial charge is 0.306 e. The van der Waals surface area contributed by atoms with Crippen molar-refractivity contribution in [2.24, 2.45) is 41.4 Å². The number of hydrogen-bond donors (Lipinski definition) is 2. The van der Waals surface area contributed by atoms with Crippen molar-refractivity contribution < 1.29 is 24.5 Å². The highest BCUT2D eigenvalue weighted by molar-refractivity contribution is 5.85. The summed E-state index contributed by atoms with van der Waals surface area (Å²) in [6.45, 7) is 3.88. The van der Waals surface area contributed by atoms with Crippen molar-refractivity contribution in [1.82, 2.24) is 0 Å². The van der Waals surface area contributed by atoms with E-state index in [1.54, 1.807) is 0 Å². The monoisotopic (exact) mass is 404 g/mol. The number of aliphatic hydroxyl groups is 2. The second-order valence-electron chi connectivity index (χ2n) is 10.00. The van der Waals surface area contributed by atoms with Crippen LogP contribution in [0.4, 0.5) is 0 Å². The van der Waals surface area contributed by atoms with E-state index in [1.165, 1.54) is 0 Å². The molecule has 162 valence electrons. The van der Waals surface area contributed by atoms with Crippen LogP contribution in [0.5, 0.6) is 0 Å². The fourth-order valence-electron chi connectivity index (χ4n) is 6.73. The minimum Gasteiger partial charge on any atom is -0.462 e. The van der Waals surface area contributed by atoms with Crippen LogP contribution in [0.3, 0.4) is 0 Å². The maximum atomic E-state index is 13.4. The fourth-order valence-corrected chi connectivity index (χ4v) is 6.73. The SMILES string of the molecule is CC[C@H]1CCC[C@H](O)[C@@H](C)C(=O)C2C[C@@H]3[C@@H](C=C[C@@H]4C[C@@H](O)C[C@@H]34)[C@@H]2CC(=O)O1. The van der Waals surface area contributed by atoms with Crippen LogP contribution in [-0.4, -0.2) is 40.3 Å². The number of hydrogen-bond acceptors (Lipinski definition) is 5. The summed E-state index contributed by atoms with van der Waals surface area (Å²) in [5, 5.41) is 20.8. The molecule has 0 spiro atoms. The summed E-state index contributed by atoms with van der Waals surface area (Å²) in [4.78, 5) is 26.2. The Morgan fingerprint density at radius 2 is 1.83 bits per heavy atom. The zero-order valence-electron chi connectivity index (χ0n) is 17.7. The van der Waals surface area contributed by atoms with E-state index >= 15 is 0 Å². The highest BCUT2D eigenvalue weighted by Crippen LogP contribution is 2.56. The van der Waals surface area contributed by atoms with E-state index in [4.69, 9.17) is 4.74 Å². The van der Waals surface area contributed by atoms with Gasteiger partial charge in [0.2, 0.25) is 0 Å². The van der Waals surface area contributed by atoms with E-state index in [9.17, 15) is 19.8 Å². The third-order valence-electron chi connectivity index (χ3n) is 8.37. The Balaban J connectivity index is 1.62. The van der Waals surface area contributed by atoms with Crippen molar-refractivity contribution >= 4 is 11.8 Å². The molecule has 0 bridgehead atoms. The van der Waals surface area contributed by atoms with E-state index in [0.717, 1.165) is 38.5 Å². The molecule has 0 aromatic carbocycles. The fraction of sp³-hybridized carbons (Fsp3) is 0.833. The second kappa shape index (κ2) is 8.50. The Labute approximate surface area is 173 Å². The summed E-state index contributed by atoms with van der Waals surface area (Å²) in [5.41, 5.74) is 0. The molecule has 4 rings (SSSR count). The lowest BCUT2D eigenvalue weighted by atomic mass is 9.71. The van der Waals surface area contributed by atoms with Gasteiger partial charge in [0.15, 0.2) is 0 Å². The first-order valence-corrected chi connectivity index (χ1v) is 11.7. The summed E-state index contributed by atoms with van der Waals surface area (Å²) in [6, 6.07) is 0. The van der Waals surface area contributed by atoms with Crippen LogP contribution < -0.4 is 0 Å². The summed E-state index contributed by atoms with van der Waals surface area (Å²) >= 11 is 0. The van der Waals surface area contributed by atoms with Crippen molar-refractivity contribution in [1.29, 1.82) is 0 Å². The van der Waals surface area contributed by atoms with Gasteiger partial charge >= 0.3 is 5.97 Å². The van der Waals surface area contributed by atoms with Crippen molar-refractivity contribution in [3.8, 4) is 0 Å². The van der Waals surface area contributed by atoms with Gasteiger partial charge in [-0.15, -0.1) is 0 Å². The predicted molar refractivity (Wildman–Crippen MR) is 109 cm³/mol. The van der Waals surface area contributed by atoms with Gasteiger partial charge in [-0.1, -0.05) is 26.0 Å². The lowest BCUT2D eigenvalue weighted by Gasteiger charge is -2.34. The minimum absolute atomic E-state index is 0.0541. The van der Waals surface area contributed by atoms with Gasteiger partial charge in [-0.25, -0.2) is 0 Å². The molecule has 10 atom stereocenters. The molecule has 1 saturated heterocycles. The number of carbonyl (C=O) groups excluding carboxylic acids is 2. The molecule has 3 fully saturated rings. The van der Waals surface area contributed by atoms with E-state index in [-0.39, 0.29) is 48.1 Å². The van der Waals surface area contributed by atoms with Gasteiger partial charge in [-0.05, 0) is 74.5 Å². The van der Waals surface area contributed by atoms with Crippen LogP contribution in [0, 0.1) is 41.4 Å². The first-order chi connectivity index (χ1) is 13.9. The van der Waals surface area contributed by atoms with Crippen LogP contribution in [0.1, 0.15) is 65.2 Å².